The molecule has 0 radical (unpaired) electrons. The number of unbranched alkanes of at least 4 members (excludes halogenated alkanes) is 3. The Morgan fingerprint density at radius 3 is 1.83 bits per heavy atom. The number of hydrogen-bond donors (Lipinski definition) is 1. The number of rotatable bonds is 17. The summed E-state index contributed by atoms with van der Waals surface area (Å²) in [6.45, 7) is 20.1. The molecule has 2 aliphatic heterocycles. The number of benzene rings is 3. The molecule has 60 heavy (non-hydrogen) atoms. The number of fused-ring (bicyclic) bond motifs is 6. The van der Waals surface area contributed by atoms with E-state index in [-0.39, 0.29) is 46.6 Å². The molecule has 13 nitrogen and oxygen atoms in total. The van der Waals surface area contributed by atoms with Gasteiger partial charge in [0.25, 0.3) is 5.91 Å². The monoisotopic (exact) mass is 825 g/mol. The number of carbonyl (C=O) groups is 4. The average molecular weight is 826 g/mol. The molecule has 0 fully saturated rings. The van der Waals surface area contributed by atoms with Crippen LogP contribution >= 0.6 is 0 Å². The molecular formula is C47H59N3O10. The first-order chi connectivity index (χ1) is 28.3. The maximum absolute atomic E-state index is 13.7. The second kappa shape index (κ2) is 19.0. The number of nitriles is 1. The Bertz CT molecular complexity index is 2020. The SMILES string of the molecule is CC(C)N(C(C)C)C(OCCC#N)OCCCCCCNC(=O)c1ccc2c(c1)C1(OC2=O)c2ccc(OC(=O)C(C)(C)C)cc2Oc2cc(OC(=O)C(C)(C)C)ccc21. The van der Waals surface area contributed by atoms with Crippen LogP contribution in [0, 0.1) is 22.2 Å². The number of amides is 1. The zero-order valence-corrected chi connectivity index (χ0v) is 36.6. The molecule has 1 N–H and O–H groups in total. The van der Waals surface area contributed by atoms with E-state index in [1.54, 1.807) is 96.1 Å². The van der Waals surface area contributed by atoms with Crippen LogP contribution in [0.2, 0.25) is 0 Å². The summed E-state index contributed by atoms with van der Waals surface area (Å²) < 4.78 is 36.1. The molecule has 1 amide bonds. The van der Waals surface area contributed by atoms with Gasteiger partial charge in [-0.3, -0.25) is 19.3 Å². The van der Waals surface area contributed by atoms with E-state index in [1.807, 2.05) is 0 Å². The third-order valence-corrected chi connectivity index (χ3v) is 10.2. The fraction of sp³-hybridized carbons (Fsp3) is 0.511. The normalized spacial score (nSPS) is 14.5. The number of esters is 3. The predicted octanol–water partition coefficient (Wildman–Crippen LogP) is 8.80. The van der Waals surface area contributed by atoms with Gasteiger partial charge in [0.1, 0.15) is 23.0 Å². The number of nitrogens with one attached hydrogen (secondary N) is 1. The Labute approximate surface area is 353 Å². The van der Waals surface area contributed by atoms with E-state index in [0.717, 1.165) is 25.7 Å². The first-order valence-electron chi connectivity index (χ1n) is 20.7. The maximum atomic E-state index is 13.7. The number of hydrogen-bond acceptors (Lipinski definition) is 12. The molecule has 1 unspecified atom stereocenters. The van der Waals surface area contributed by atoms with Crippen molar-refractivity contribution < 1.29 is 47.6 Å². The summed E-state index contributed by atoms with van der Waals surface area (Å²) >= 11 is 0. The Balaban J connectivity index is 1.32. The van der Waals surface area contributed by atoms with Crippen LogP contribution in [0.5, 0.6) is 23.0 Å². The van der Waals surface area contributed by atoms with Gasteiger partial charge < -0.3 is 33.7 Å². The molecule has 322 valence electrons. The average Bonchev–Trinajstić information content (AvgIpc) is 3.45. The molecule has 3 aromatic carbocycles. The summed E-state index contributed by atoms with van der Waals surface area (Å²) in [7, 11) is 0. The molecule has 2 heterocycles. The van der Waals surface area contributed by atoms with Gasteiger partial charge in [-0.15, -0.1) is 0 Å². The van der Waals surface area contributed by atoms with Gasteiger partial charge in [0.05, 0.1) is 42.1 Å². The lowest BCUT2D eigenvalue weighted by Crippen LogP contribution is -2.48. The van der Waals surface area contributed by atoms with Gasteiger partial charge in [-0.1, -0.05) is 12.8 Å². The zero-order chi connectivity index (χ0) is 44.0. The predicted molar refractivity (Wildman–Crippen MR) is 224 cm³/mol. The molecule has 1 atom stereocenters. The lowest BCUT2D eigenvalue weighted by molar-refractivity contribution is -0.240. The molecule has 3 aromatic rings. The van der Waals surface area contributed by atoms with Gasteiger partial charge in [0.2, 0.25) is 6.41 Å². The Kier molecular flexibility index (Phi) is 14.5. The van der Waals surface area contributed by atoms with Crippen LogP contribution in [0.4, 0.5) is 0 Å². The minimum atomic E-state index is -1.55. The van der Waals surface area contributed by atoms with Crippen molar-refractivity contribution in [1.82, 2.24) is 10.2 Å². The van der Waals surface area contributed by atoms with Gasteiger partial charge in [-0.2, -0.15) is 5.26 Å². The highest BCUT2D eigenvalue weighted by atomic mass is 16.7. The Morgan fingerprint density at radius 2 is 1.30 bits per heavy atom. The highest BCUT2D eigenvalue weighted by molar-refractivity contribution is 6.00. The summed E-state index contributed by atoms with van der Waals surface area (Å²) in [6.07, 6.45) is 3.08. The Hall–Kier alpha value is -5.29. The van der Waals surface area contributed by atoms with Gasteiger partial charge >= 0.3 is 17.9 Å². The van der Waals surface area contributed by atoms with E-state index >= 15 is 0 Å². The molecular weight excluding hydrogens is 767 g/mol. The minimum absolute atomic E-state index is 0.202. The van der Waals surface area contributed by atoms with E-state index in [1.165, 1.54) is 0 Å². The van der Waals surface area contributed by atoms with Crippen molar-refractivity contribution in [2.24, 2.45) is 10.8 Å². The van der Waals surface area contributed by atoms with E-state index in [0.29, 0.717) is 48.4 Å². The van der Waals surface area contributed by atoms with Crippen LogP contribution < -0.4 is 19.5 Å². The van der Waals surface area contributed by atoms with Crippen LogP contribution in [-0.4, -0.2) is 67.0 Å². The number of ether oxygens (including phenoxy) is 6. The van der Waals surface area contributed by atoms with Crippen LogP contribution in [0.25, 0.3) is 0 Å². The molecule has 0 saturated heterocycles. The van der Waals surface area contributed by atoms with E-state index in [2.05, 4.69) is 44.0 Å². The fourth-order valence-electron chi connectivity index (χ4n) is 7.05. The van der Waals surface area contributed by atoms with Crippen molar-refractivity contribution in [3.8, 4) is 29.1 Å². The molecule has 0 aromatic heterocycles. The standard InChI is InChI=1S/C47H59N3O10/c1-29(2)50(30(3)4)44(56-25-15-22-48)55-24-14-12-11-13-23-49-40(51)31-16-19-34-37(26-31)47(60-41(34)52)35-20-17-32(57-42(53)45(5,6)7)27-38(35)59-39-28-33(18-21-36(39)47)58-43(54)46(8,9)10/h16-21,26-30,44H,11-15,23-25H2,1-10H3,(H,49,51). The third kappa shape index (κ3) is 10.3. The van der Waals surface area contributed by atoms with Crippen molar-refractivity contribution in [3.05, 3.63) is 82.4 Å². The molecule has 0 aliphatic carbocycles. The Morgan fingerprint density at radius 1 is 0.750 bits per heavy atom. The smallest absolute Gasteiger partial charge is 0.340 e. The number of carbonyl (C=O) groups excluding carboxylic acids is 4. The van der Waals surface area contributed by atoms with Crippen LogP contribution in [0.3, 0.4) is 0 Å². The van der Waals surface area contributed by atoms with E-state index in [4.69, 9.17) is 33.7 Å². The highest BCUT2D eigenvalue weighted by Gasteiger charge is 2.54. The molecule has 5 rings (SSSR count). The van der Waals surface area contributed by atoms with Crippen molar-refractivity contribution in [2.75, 3.05) is 19.8 Å². The summed E-state index contributed by atoms with van der Waals surface area (Å²) in [5.74, 6) is -0.847. The fourth-order valence-corrected chi connectivity index (χ4v) is 7.05. The van der Waals surface area contributed by atoms with Gasteiger partial charge in [0, 0.05) is 53.0 Å². The summed E-state index contributed by atoms with van der Waals surface area (Å²) in [4.78, 5) is 55.1. The van der Waals surface area contributed by atoms with Crippen molar-refractivity contribution in [3.63, 3.8) is 0 Å². The molecule has 0 bridgehead atoms. The molecule has 1 spiro atoms. The highest BCUT2D eigenvalue weighted by Crippen LogP contribution is 2.57. The van der Waals surface area contributed by atoms with Crippen LogP contribution in [-0.2, 0) is 29.4 Å². The molecule has 2 aliphatic rings. The van der Waals surface area contributed by atoms with Crippen molar-refractivity contribution in [2.45, 2.75) is 125 Å². The lowest BCUT2D eigenvalue weighted by atomic mass is 9.77. The maximum Gasteiger partial charge on any atom is 0.340 e. The first-order valence-corrected chi connectivity index (χ1v) is 20.7. The summed E-state index contributed by atoms with van der Waals surface area (Å²) in [5.41, 5.74) is -1.12. The van der Waals surface area contributed by atoms with Crippen LogP contribution in [0.1, 0.15) is 139 Å². The second-order valence-electron chi connectivity index (χ2n) is 17.8. The zero-order valence-electron chi connectivity index (χ0n) is 36.6. The van der Waals surface area contributed by atoms with E-state index < -0.39 is 40.8 Å². The topological polar surface area (TPSA) is 163 Å². The summed E-state index contributed by atoms with van der Waals surface area (Å²) in [5, 5.41) is 12.0. The first kappa shape index (κ1) is 45.8. The minimum Gasteiger partial charge on any atom is -0.456 e. The van der Waals surface area contributed by atoms with Crippen LogP contribution in [0.15, 0.2) is 54.6 Å². The van der Waals surface area contributed by atoms with Crippen molar-refractivity contribution >= 4 is 23.8 Å². The van der Waals surface area contributed by atoms with Gasteiger partial charge in [-0.25, -0.2) is 4.79 Å². The van der Waals surface area contributed by atoms with E-state index in [9.17, 15) is 19.2 Å². The molecule has 0 saturated carbocycles. The lowest BCUT2D eigenvalue weighted by Gasteiger charge is -2.37. The quantitative estimate of drug-likeness (QED) is 0.0597. The summed E-state index contributed by atoms with van der Waals surface area (Å²) in [6, 6.07) is 17.1. The largest absolute Gasteiger partial charge is 0.456 e. The van der Waals surface area contributed by atoms with Gasteiger partial charge in [0.15, 0.2) is 5.60 Å². The molecule has 13 heteroatoms. The second-order valence-corrected chi connectivity index (χ2v) is 17.8. The number of nitrogens with zero attached hydrogens (tertiary/aromatic N) is 2. The van der Waals surface area contributed by atoms with Crippen molar-refractivity contribution in [1.29, 1.82) is 5.26 Å². The van der Waals surface area contributed by atoms with Gasteiger partial charge in [-0.05, 0) is 125 Å². The third-order valence-electron chi connectivity index (χ3n) is 10.2.